The number of ether oxygens (including phenoxy) is 1. The molecule has 3 amide bonds. The summed E-state index contributed by atoms with van der Waals surface area (Å²) in [4.78, 5) is 37.5. The van der Waals surface area contributed by atoms with E-state index in [2.05, 4.69) is 10.1 Å². The quantitative estimate of drug-likeness (QED) is 0.0984. The molecule has 2 saturated heterocycles. The summed E-state index contributed by atoms with van der Waals surface area (Å²) in [7, 11) is 0. The molecule has 0 radical (unpaired) electrons. The first kappa shape index (κ1) is 40.6. The summed E-state index contributed by atoms with van der Waals surface area (Å²) in [5.41, 5.74) is -0.0923. The molecule has 20 nitrogen and oxygen atoms in total. The number of hydrogen-bond donors (Lipinski definition) is 14. The maximum atomic E-state index is 15.1. The number of anilines is 1. The van der Waals surface area contributed by atoms with E-state index in [4.69, 9.17) is 0 Å². The van der Waals surface area contributed by atoms with E-state index in [9.17, 15) is 75.7 Å². The predicted molar refractivity (Wildman–Crippen MR) is 159 cm³/mol. The van der Waals surface area contributed by atoms with Gasteiger partial charge in [-0.05, 0) is 23.8 Å². The van der Waals surface area contributed by atoms with E-state index in [1.165, 1.54) is 18.2 Å². The van der Waals surface area contributed by atoms with Crippen LogP contribution >= 0.6 is 0 Å². The lowest BCUT2D eigenvalue weighted by atomic mass is 9.90. The average Bonchev–Trinajstić information content (AvgIpc) is 3.35. The molecule has 0 saturated carbocycles. The summed E-state index contributed by atoms with van der Waals surface area (Å²) in [6.45, 7) is 6.03. The number of imide groups is 1. The van der Waals surface area contributed by atoms with Crippen molar-refractivity contribution in [1.29, 1.82) is 0 Å². The fraction of sp³-hybridized carbons (Fsp3) is 0.483. The first-order valence-electron chi connectivity index (χ1n) is 14.9. The number of halogens is 1. The highest BCUT2D eigenvalue weighted by Crippen LogP contribution is 2.42. The Morgan fingerprint density at radius 3 is 1.96 bits per heavy atom. The van der Waals surface area contributed by atoms with Gasteiger partial charge in [0.2, 0.25) is 0 Å². The van der Waals surface area contributed by atoms with Gasteiger partial charge in [-0.2, -0.15) is 4.90 Å². The van der Waals surface area contributed by atoms with Crippen LogP contribution in [-0.4, -0.2) is 130 Å². The minimum Gasteiger partial charge on any atom is -0.381 e. The number of nitrogens with one attached hydrogen (secondary N) is 2. The Hall–Kier alpha value is -3.78. The van der Waals surface area contributed by atoms with Gasteiger partial charge in [-0.25, -0.2) is 4.39 Å². The van der Waals surface area contributed by atoms with Crippen molar-refractivity contribution in [1.82, 2.24) is 15.1 Å². The van der Waals surface area contributed by atoms with Gasteiger partial charge in [0.05, 0.1) is 0 Å². The Bertz CT molecular complexity index is 1600. The van der Waals surface area contributed by atoms with Crippen molar-refractivity contribution in [3.8, 4) is 0 Å². The largest absolute Gasteiger partial charge is 0.381 e. The van der Waals surface area contributed by atoms with E-state index in [1.807, 2.05) is 27.7 Å². The lowest BCUT2D eigenvalue weighted by molar-refractivity contribution is -0.659. The minimum atomic E-state index is -4.19. The molecule has 2 fully saturated rings. The molecule has 14 N–H and O–H groups in total. The second-order valence-corrected chi connectivity index (χ2v) is 10.8. The van der Waals surface area contributed by atoms with Gasteiger partial charge in [0.25, 0.3) is 23.5 Å². The van der Waals surface area contributed by atoms with Crippen LogP contribution in [0.4, 0.5) is 10.1 Å². The van der Waals surface area contributed by atoms with Crippen molar-refractivity contribution in [2.24, 2.45) is 0 Å². The number of rotatable bonds is 6. The van der Waals surface area contributed by atoms with Crippen LogP contribution in [0.5, 0.6) is 0 Å². The highest BCUT2D eigenvalue weighted by molar-refractivity contribution is 6.08. The fourth-order valence-electron chi connectivity index (χ4n) is 5.23. The van der Waals surface area contributed by atoms with Gasteiger partial charge in [0.15, 0.2) is 6.04 Å². The number of amides is 3. The second kappa shape index (κ2) is 13.7. The van der Waals surface area contributed by atoms with Gasteiger partial charge < -0.3 is 71.5 Å². The Morgan fingerprint density at radius 2 is 1.42 bits per heavy atom. The third-order valence-corrected chi connectivity index (χ3v) is 7.84. The van der Waals surface area contributed by atoms with Gasteiger partial charge in [0.1, 0.15) is 5.82 Å². The summed E-state index contributed by atoms with van der Waals surface area (Å²) in [6, 6.07) is 4.76. The molecule has 0 bridgehead atoms. The molecular formula is C29H39FN4O16. The van der Waals surface area contributed by atoms with Gasteiger partial charge in [-0.15, -0.1) is 0 Å². The number of carbonyl (C=O) groups is 3. The predicted octanol–water partition coefficient (Wildman–Crippen LogP) is -4.78. The molecule has 3 aliphatic heterocycles. The van der Waals surface area contributed by atoms with Crippen molar-refractivity contribution in [3.05, 3.63) is 64.5 Å². The lowest BCUT2D eigenvalue weighted by Crippen LogP contribution is -2.83. The van der Waals surface area contributed by atoms with Crippen LogP contribution in [-0.2, 0) is 34.0 Å². The number of nitrogens with zero attached hydrogens (tertiary/aromatic N) is 2. The van der Waals surface area contributed by atoms with Gasteiger partial charge in [0, 0.05) is 42.0 Å². The molecule has 3 aliphatic rings. The molecule has 0 aromatic heterocycles. The van der Waals surface area contributed by atoms with Crippen molar-refractivity contribution in [2.45, 2.75) is 88.7 Å². The van der Waals surface area contributed by atoms with Gasteiger partial charge >= 0.3 is 29.6 Å². The zero-order valence-electron chi connectivity index (χ0n) is 26.9. The van der Waals surface area contributed by atoms with Crippen LogP contribution in [0, 0.1) is 5.82 Å². The fourth-order valence-corrected chi connectivity index (χ4v) is 5.23. The monoisotopic (exact) mass is 718 g/mol. The molecule has 0 aliphatic carbocycles. The molecule has 1 unspecified atom stereocenters. The first-order valence-corrected chi connectivity index (χ1v) is 14.9. The zero-order valence-corrected chi connectivity index (χ0v) is 26.9. The van der Waals surface area contributed by atoms with E-state index >= 15 is 4.39 Å². The van der Waals surface area contributed by atoms with Crippen LogP contribution in [0.3, 0.4) is 0 Å². The number of benzene rings is 2. The molecule has 0 spiro atoms. The normalized spacial score (nSPS) is 23.8. The van der Waals surface area contributed by atoms with E-state index in [0.29, 0.717) is 4.90 Å². The summed E-state index contributed by atoms with van der Waals surface area (Å²) in [5.74, 6) is -29.4. The minimum absolute atomic E-state index is 0.0611. The van der Waals surface area contributed by atoms with Gasteiger partial charge in [-0.1, -0.05) is 45.9 Å². The molecule has 3 heterocycles. The molecule has 50 heavy (non-hydrogen) atoms. The average molecular weight is 719 g/mol. The lowest BCUT2D eigenvalue weighted by Gasteiger charge is -2.55. The van der Waals surface area contributed by atoms with Crippen molar-refractivity contribution in [3.63, 3.8) is 0 Å². The summed E-state index contributed by atoms with van der Waals surface area (Å²) < 4.78 is 18.9. The molecule has 5 rings (SSSR count). The topological polar surface area (TPSA) is 334 Å². The van der Waals surface area contributed by atoms with Crippen LogP contribution < -0.4 is 10.6 Å². The van der Waals surface area contributed by atoms with E-state index in [0.717, 1.165) is 18.2 Å². The molecule has 278 valence electrons. The second-order valence-electron chi connectivity index (χ2n) is 10.8. The van der Waals surface area contributed by atoms with Crippen molar-refractivity contribution < 1.29 is 84.8 Å². The maximum absolute atomic E-state index is 15.1. The number of carbonyl (C=O) groups excluding carboxylic acids is 3. The summed E-state index contributed by atoms with van der Waals surface area (Å²) in [5, 5.41) is 124. The third kappa shape index (κ3) is 6.44. The number of aliphatic hydroxyl groups is 12. The first-order chi connectivity index (χ1) is 23.0. The number of fused-ring (bicyclic) bond motifs is 1. The Labute approximate surface area is 282 Å². The van der Waals surface area contributed by atoms with Gasteiger partial charge in [-0.3, -0.25) is 24.4 Å². The standard InChI is InChI=1S/C25H27FN4O16.2C2H6/c26-14-6-10(8-30-22(38,39)24(42,43)46-25(44,45)23(30,40)41)4-5-11(14)7-27-15-3-1-2-12-13(15)9-29(18(12)32)16-17(31)28-19(33)21(36,37)20(16,34)35;2*1-2/h1-6,16,27,34-45H,7-9H2,(H,28,31,33);2*1-2H3. The molecule has 1 atom stereocenters. The Kier molecular flexibility index (Phi) is 11.2. The molecule has 2 aromatic carbocycles. The SMILES string of the molecule is CC.CC.O=C1NC(=O)C(O)(O)C(O)(O)C1N1Cc2c(NCc3ccc(CN4C(O)(O)C(O)(O)OC(O)(O)C4(O)O)cc3F)cccc2C1=O. The molecule has 21 heteroatoms. The Balaban J connectivity index is 0.00000163. The molecule has 2 aromatic rings. The van der Waals surface area contributed by atoms with Crippen LogP contribution in [0.25, 0.3) is 0 Å². The number of hydrogen-bond acceptors (Lipinski definition) is 18. The van der Waals surface area contributed by atoms with Crippen LogP contribution in [0.2, 0.25) is 0 Å². The third-order valence-electron chi connectivity index (χ3n) is 7.84. The van der Waals surface area contributed by atoms with Crippen molar-refractivity contribution >= 4 is 23.4 Å². The maximum Gasteiger partial charge on any atom is 0.356 e. The smallest absolute Gasteiger partial charge is 0.356 e. The highest BCUT2D eigenvalue weighted by Gasteiger charge is 2.74. The van der Waals surface area contributed by atoms with E-state index in [1.54, 1.807) is 5.32 Å². The molecular weight excluding hydrogens is 679 g/mol. The van der Waals surface area contributed by atoms with Crippen LogP contribution in [0.1, 0.15) is 54.7 Å². The Morgan fingerprint density at radius 1 is 0.860 bits per heavy atom. The highest BCUT2D eigenvalue weighted by atomic mass is 19.1. The summed E-state index contributed by atoms with van der Waals surface area (Å²) in [6.07, 6.45) is 0. The zero-order chi connectivity index (χ0) is 38.4. The van der Waals surface area contributed by atoms with Crippen LogP contribution in [0.15, 0.2) is 36.4 Å². The van der Waals surface area contributed by atoms with Crippen molar-refractivity contribution in [2.75, 3.05) is 5.32 Å². The summed E-state index contributed by atoms with van der Waals surface area (Å²) >= 11 is 0. The van der Waals surface area contributed by atoms with E-state index < -0.39 is 82.9 Å². The number of morpholine rings is 1. The number of piperidine rings is 1. The van der Waals surface area contributed by atoms with E-state index in [-0.39, 0.29) is 34.5 Å².